The number of hydrogen-bond acceptors (Lipinski definition) is 2. The van der Waals surface area contributed by atoms with Crippen LogP contribution in [0.3, 0.4) is 0 Å². The van der Waals surface area contributed by atoms with Gasteiger partial charge in [-0.1, -0.05) is 41.6 Å². The summed E-state index contributed by atoms with van der Waals surface area (Å²) in [6.45, 7) is 0. The first kappa shape index (κ1) is 13.0. The minimum absolute atomic E-state index is 0.0464. The highest BCUT2D eigenvalue weighted by atomic mass is 79.9. The molecule has 4 heteroatoms. The molecule has 0 heterocycles. The van der Waals surface area contributed by atoms with Crippen LogP contribution >= 0.6 is 15.9 Å². The van der Waals surface area contributed by atoms with Gasteiger partial charge in [0.2, 0.25) is 0 Å². The van der Waals surface area contributed by atoms with Gasteiger partial charge in [0.25, 0.3) is 0 Å². The molecule has 1 saturated carbocycles. The molecule has 1 aromatic rings. The first-order valence-electron chi connectivity index (χ1n) is 6.11. The highest BCUT2D eigenvalue weighted by Gasteiger charge is 2.21. The Hall–Kier alpha value is -0.450. The number of nitrogens with one attached hydrogen (secondary N) is 1. The highest BCUT2D eigenvalue weighted by molar-refractivity contribution is 9.10. The van der Waals surface area contributed by atoms with Crippen LogP contribution in [0.4, 0.5) is 4.39 Å². The van der Waals surface area contributed by atoms with Gasteiger partial charge in [-0.2, -0.15) is 0 Å². The van der Waals surface area contributed by atoms with Crippen LogP contribution in [0.25, 0.3) is 0 Å². The van der Waals surface area contributed by atoms with E-state index in [2.05, 4.69) is 21.4 Å². The van der Waals surface area contributed by atoms with Gasteiger partial charge in [-0.15, -0.1) is 0 Å². The lowest BCUT2D eigenvalue weighted by Crippen LogP contribution is -2.29. The van der Waals surface area contributed by atoms with Crippen LogP contribution in [-0.2, 0) is 0 Å². The smallest absolute Gasteiger partial charge is 0.124 e. The molecular formula is C13H18BrFN2. The summed E-state index contributed by atoms with van der Waals surface area (Å²) < 4.78 is 14.1. The molecule has 0 amide bonds. The van der Waals surface area contributed by atoms with Crippen molar-refractivity contribution in [1.82, 2.24) is 5.43 Å². The average molecular weight is 301 g/mol. The molecule has 0 radical (unpaired) electrons. The normalized spacial score (nSPS) is 18.5. The van der Waals surface area contributed by atoms with Crippen LogP contribution in [0, 0.1) is 11.7 Å². The molecule has 0 spiro atoms. The van der Waals surface area contributed by atoms with E-state index in [-0.39, 0.29) is 11.9 Å². The zero-order valence-corrected chi connectivity index (χ0v) is 11.3. The molecule has 2 nitrogen and oxygen atoms in total. The summed E-state index contributed by atoms with van der Waals surface area (Å²) in [5, 5.41) is 0. The van der Waals surface area contributed by atoms with Crippen LogP contribution in [0.5, 0.6) is 0 Å². The first-order chi connectivity index (χ1) is 8.19. The third-order valence-corrected chi connectivity index (χ3v) is 3.99. The van der Waals surface area contributed by atoms with Crippen molar-refractivity contribution in [2.75, 3.05) is 0 Å². The maximum absolute atomic E-state index is 13.3. The second-order valence-electron chi connectivity index (χ2n) is 4.81. The van der Waals surface area contributed by atoms with E-state index in [4.69, 9.17) is 5.84 Å². The van der Waals surface area contributed by atoms with Crippen molar-refractivity contribution in [1.29, 1.82) is 0 Å². The Morgan fingerprint density at radius 2 is 2.06 bits per heavy atom. The van der Waals surface area contributed by atoms with E-state index in [9.17, 15) is 4.39 Å². The molecule has 0 aromatic heterocycles. The summed E-state index contributed by atoms with van der Waals surface area (Å²) in [4.78, 5) is 0. The van der Waals surface area contributed by atoms with E-state index in [0.717, 1.165) is 22.4 Å². The zero-order valence-electron chi connectivity index (χ0n) is 9.76. The number of hydrogen-bond donors (Lipinski definition) is 2. The number of halogens is 2. The molecular weight excluding hydrogens is 283 g/mol. The van der Waals surface area contributed by atoms with Gasteiger partial charge in [0, 0.05) is 10.5 Å². The molecule has 0 saturated heterocycles. The van der Waals surface area contributed by atoms with Crippen molar-refractivity contribution in [3.05, 3.63) is 34.1 Å². The quantitative estimate of drug-likeness (QED) is 0.658. The predicted molar refractivity (Wildman–Crippen MR) is 70.7 cm³/mol. The summed E-state index contributed by atoms with van der Waals surface area (Å²) in [5.74, 6) is 6.09. The van der Waals surface area contributed by atoms with E-state index in [0.29, 0.717) is 0 Å². The topological polar surface area (TPSA) is 38.0 Å². The largest absolute Gasteiger partial charge is 0.271 e. The van der Waals surface area contributed by atoms with E-state index < -0.39 is 0 Å². The summed E-state index contributed by atoms with van der Waals surface area (Å²) >= 11 is 3.31. The van der Waals surface area contributed by atoms with Crippen LogP contribution in [0.2, 0.25) is 0 Å². The van der Waals surface area contributed by atoms with Crippen LogP contribution in [-0.4, -0.2) is 0 Å². The second kappa shape index (κ2) is 5.94. The first-order valence-corrected chi connectivity index (χ1v) is 6.90. The van der Waals surface area contributed by atoms with Gasteiger partial charge in [0.05, 0.1) is 0 Å². The second-order valence-corrected chi connectivity index (χ2v) is 5.72. The maximum Gasteiger partial charge on any atom is 0.124 e. The van der Waals surface area contributed by atoms with Crippen molar-refractivity contribution < 1.29 is 4.39 Å². The average Bonchev–Trinajstić information content (AvgIpc) is 2.77. The molecule has 1 aliphatic rings. The SMILES string of the molecule is NNC(CC1CCCC1)c1cc(F)cc(Br)c1. The summed E-state index contributed by atoms with van der Waals surface area (Å²) in [7, 11) is 0. The van der Waals surface area contributed by atoms with Gasteiger partial charge in [-0.25, -0.2) is 4.39 Å². The van der Waals surface area contributed by atoms with Gasteiger partial charge in [0.1, 0.15) is 5.82 Å². The molecule has 2 rings (SSSR count). The summed E-state index contributed by atoms with van der Waals surface area (Å²) in [5.41, 5.74) is 3.73. The highest BCUT2D eigenvalue weighted by Crippen LogP contribution is 2.33. The molecule has 1 aromatic carbocycles. The maximum atomic E-state index is 13.3. The van der Waals surface area contributed by atoms with Gasteiger partial charge < -0.3 is 0 Å². The molecule has 0 bridgehead atoms. The zero-order chi connectivity index (χ0) is 12.3. The summed E-state index contributed by atoms with van der Waals surface area (Å²) in [6.07, 6.45) is 6.17. The molecule has 3 N–H and O–H groups in total. The van der Waals surface area contributed by atoms with Crippen molar-refractivity contribution in [2.24, 2.45) is 11.8 Å². The molecule has 0 aliphatic heterocycles. The minimum Gasteiger partial charge on any atom is -0.271 e. The molecule has 1 unspecified atom stereocenters. The van der Waals surface area contributed by atoms with Gasteiger partial charge >= 0.3 is 0 Å². The number of rotatable bonds is 4. The van der Waals surface area contributed by atoms with Gasteiger partial charge in [-0.05, 0) is 36.1 Å². The fourth-order valence-electron chi connectivity index (χ4n) is 2.66. The van der Waals surface area contributed by atoms with Gasteiger partial charge in [0.15, 0.2) is 0 Å². The molecule has 1 atom stereocenters. The molecule has 1 aliphatic carbocycles. The lowest BCUT2D eigenvalue weighted by Gasteiger charge is -2.20. The Balaban J connectivity index is 2.10. The standard InChI is InChI=1S/C13H18BrFN2/c14-11-6-10(7-12(15)8-11)13(17-16)5-9-3-1-2-4-9/h6-9,13,17H,1-5,16H2. The van der Waals surface area contributed by atoms with Crippen LogP contribution in [0.15, 0.2) is 22.7 Å². The fraction of sp³-hybridized carbons (Fsp3) is 0.538. The molecule has 94 valence electrons. The predicted octanol–water partition coefficient (Wildman–Crippen LogP) is 3.67. The molecule has 17 heavy (non-hydrogen) atoms. The Morgan fingerprint density at radius 3 is 2.65 bits per heavy atom. The van der Waals surface area contributed by atoms with E-state index in [1.54, 1.807) is 6.07 Å². The van der Waals surface area contributed by atoms with Crippen molar-refractivity contribution in [2.45, 2.75) is 38.1 Å². The monoisotopic (exact) mass is 300 g/mol. The fourth-order valence-corrected chi connectivity index (χ4v) is 3.14. The summed E-state index contributed by atoms with van der Waals surface area (Å²) in [6, 6.07) is 5.00. The Labute approximate surface area is 110 Å². The van der Waals surface area contributed by atoms with Crippen LogP contribution in [0.1, 0.15) is 43.7 Å². The number of benzene rings is 1. The van der Waals surface area contributed by atoms with Crippen molar-refractivity contribution in [3.8, 4) is 0 Å². The number of nitrogens with two attached hydrogens (primary N) is 1. The van der Waals surface area contributed by atoms with E-state index in [1.165, 1.54) is 31.7 Å². The van der Waals surface area contributed by atoms with E-state index in [1.807, 2.05) is 6.07 Å². The minimum atomic E-state index is -0.221. The molecule has 1 fully saturated rings. The van der Waals surface area contributed by atoms with Crippen LogP contribution < -0.4 is 11.3 Å². The third kappa shape index (κ3) is 3.50. The van der Waals surface area contributed by atoms with E-state index >= 15 is 0 Å². The lowest BCUT2D eigenvalue weighted by molar-refractivity contribution is 0.399. The van der Waals surface area contributed by atoms with Gasteiger partial charge in [-0.3, -0.25) is 11.3 Å². The van der Waals surface area contributed by atoms with Crippen molar-refractivity contribution >= 4 is 15.9 Å². The van der Waals surface area contributed by atoms with Crippen molar-refractivity contribution in [3.63, 3.8) is 0 Å². The lowest BCUT2D eigenvalue weighted by atomic mass is 9.94. The Kier molecular flexibility index (Phi) is 4.54. The number of hydrazine groups is 1. The Morgan fingerprint density at radius 1 is 1.35 bits per heavy atom. The third-order valence-electron chi connectivity index (χ3n) is 3.53. The Bertz CT molecular complexity index is 357.